The van der Waals surface area contributed by atoms with E-state index in [-0.39, 0.29) is 5.91 Å². The Labute approximate surface area is 129 Å². The molecule has 2 rings (SSSR count). The molecule has 2 aliphatic rings. The second kappa shape index (κ2) is 8.74. The summed E-state index contributed by atoms with van der Waals surface area (Å²) in [5.74, 6) is 0.0235. The SMILES string of the molecule is O=C(CC1(O)CCCC1)NCCCCCN1CCCCC1. The van der Waals surface area contributed by atoms with Crippen LogP contribution in [0.2, 0.25) is 0 Å². The summed E-state index contributed by atoms with van der Waals surface area (Å²) in [5, 5.41) is 13.1. The zero-order valence-electron chi connectivity index (χ0n) is 13.4. The number of aliphatic hydroxyl groups is 1. The van der Waals surface area contributed by atoms with Crippen molar-refractivity contribution in [2.75, 3.05) is 26.2 Å². The monoisotopic (exact) mass is 296 g/mol. The first-order valence-corrected chi connectivity index (χ1v) is 8.89. The Morgan fingerprint density at radius 2 is 1.71 bits per heavy atom. The first-order chi connectivity index (χ1) is 10.2. The third kappa shape index (κ3) is 6.35. The Morgan fingerprint density at radius 1 is 1.00 bits per heavy atom. The van der Waals surface area contributed by atoms with Crippen molar-refractivity contribution >= 4 is 5.91 Å². The number of hydrogen-bond acceptors (Lipinski definition) is 3. The smallest absolute Gasteiger partial charge is 0.222 e. The molecular weight excluding hydrogens is 264 g/mol. The number of unbranched alkanes of at least 4 members (excludes halogenated alkanes) is 2. The van der Waals surface area contributed by atoms with E-state index in [9.17, 15) is 9.90 Å². The highest BCUT2D eigenvalue weighted by molar-refractivity contribution is 5.77. The molecule has 0 bridgehead atoms. The van der Waals surface area contributed by atoms with Gasteiger partial charge in [0, 0.05) is 6.54 Å². The molecule has 0 atom stereocenters. The van der Waals surface area contributed by atoms with E-state index in [1.54, 1.807) is 0 Å². The van der Waals surface area contributed by atoms with Gasteiger partial charge in [0.25, 0.3) is 0 Å². The molecule has 0 unspecified atom stereocenters. The molecular formula is C17H32N2O2. The summed E-state index contributed by atoms with van der Waals surface area (Å²) in [4.78, 5) is 14.4. The van der Waals surface area contributed by atoms with Crippen LogP contribution in [0.4, 0.5) is 0 Å². The summed E-state index contributed by atoms with van der Waals surface area (Å²) in [5.41, 5.74) is -0.710. The first-order valence-electron chi connectivity index (χ1n) is 8.89. The van der Waals surface area contributed by atoms with Gasteiger partial charge < -0.3 is 15.3 Å². The molecule has 0 spiro atoms. The van der Waals surface area contributed by atoms with Crippen LogP contribution in [0.15, 0.2) is 0 Å². The van der Waals surface area contributed by atoms with Gasteiger partial charge in [0.1, 0.15) is 0 Å². The molecule has 0 aromatic rings. The quantitative estimate of drug-likeness (QED) is 0.677. The van der Waals surface area contributed by atoms with Gasteiger partial charge in [0.15, 0.2) is 0 Å². The minimum atomic E-state index is -0.710. The maximum Gasteiger partial charge on any atom is 0.222 e. The number of carbonyl (C=O) groups is 1. The van der Waals surface area contributed by atoms with Crippen LogP contribution in [0, 0.1) is 0 Å². The van der Waals surface area contributed by atoms with E-state index < -0.39 is 5.60 Å². The minimum absolute atomic E-state index is 0.0235. The highest BCUT2D eigenvalue weighted by Gasteiger charge is 2.33. The van der Waals surface area contributed by atoms with E-state index in [1.165, 1.54) is 51.7 Å². The number of amides is 1. The number of carbonyl (C=O) groups excluding carboxylic acids is 1. The van der Waals surface area contributed by atoms with Crippen molar-refractivity contribution in [2.45, 2.75) is 76.2 Å². The number of hydrogen-bond donors (Lipinski definition) is 2. The molecule has 4 heteroatoms. The molecule has 1 amide bonds. The van der Waals surface area contributed by atoms with Crippen molar-refractivity contribution < 1.29 is 9.90 Å². The lowest BCUT2D eigenvalue weighted by Crippen LogP contribution is -2.35. The van der Waals surface area contributed by atoms with Crippen molar-refractivity contribution in [1.29, 1.82) is 0 Å². The summed E-state index contributed by atoms with van der Waals surface area (Å²) < 4.78 is 0. The summed E-state index contributed by atoms with van der Waals surface area (Å²) in [6.07, 6.45) is 11.6. The molecule has 21 heavy (non-hydrogen) atoms. The molecule has 1 aliphatic carbocycles. The normalized spacial score (nSPS) is 22.3. The Bertz CT molecular complexity index is 308. The lowest BCUT2D eigenvalue weighted by atomic mass is 9.98. The summed E-state index contributed by atoms with van der Waals surface area (Å²) in [6, 6.07) is 0. The Balaban J connectivity index is 1.44. The molecule has 1 saturated heterocycles. The predicted octanol–water partition coefficient (Wildman–Crippen LogP) is 2.45. The fraction of sp³-hybridized carbons (Fsp3) is 0.941. The molecule has 0 aromatic heterocycles. The van der Waals surface area contributed by atoms with E-state index in [0.717, 1.165) is 38.6 Å². The highest BCUT2D eigenvalue weighted by Crippen LogP contribution is 2.32. The van der Waals surface area contributed by atoms with Gasteiger partial charge in [0.05, 0.1) is 12.0 Å². The summed E-state index contributed by atoms with van der Waals surface area (Å²) in [6.45, 7) is 4.52. The van der Waals surface area contributed by atoms with Gasteiger partial charge in [-0.25, -0.2) is 0 Å². The average Bonchev–Trinajstić information content (AvgIpc) is 2.90. The van der Waals surface area contributed by atoms with Crippen LogP contribution < -0.4 is 5.32 Å². The molecule has 1 heterocycles. The van der Waals surface area contributed by atoms with Crippen molar-refractivity contribution in [1.82, 2.24) is 10.2 Å². The van der Waals surface area contributed by atoms with Crippen LogP contribution in [0.3, 0.4) is 0 Å². The molecule has 0 radical (unpaired) electrons. The van der Waals surface area contributed by atoms with Gasteiger partial charge in [-0.05, 0) is 58.2 Å². The number of likely N-dealkylation sites (tertiary alicyclic amines) is 1. The van der Waals surface area contributed by atoms with Crippen molar-refractivity contribution in [2.24, 2.45) is 0 Å². The molecule has 0 aromatic carbocycles. The lowest BCUT2D eigenvalue weighted by Gasteiger charge is -2.26. The van der Waals surface area contributed by atoms with Gasteiger partial charge >= 0.3 is 0 Å². The second-order valence-corrected chi connectivity index (χ2v) is 6.92. The topological polar surface area (TPSA) is 52.6 Å². The third-order valence-electron chi connectivity index (χ3n) is 4.95. The summed E-state index contributed by atoms with van der Waals surface area (Å²) in [7, 11) is 0. The van der Waals surface area contributed by atoms with Crippen LogP contribution in [-0.2, 0) is 4.79 Å². The van der Waals surface area contributed by atoms with E-state index >= 15 is 0 Å². The molecule has 1 aliphatic heterocycles. The number of nitrogens with one attached hydrogen (secondary N) is 1. The fourth-order valence-electron chi connectivity index (χ4n) is 3.62. The molecule has 122 valence electrons. The minimum Gasteiger partial charge on any atom is -0.389 e. The van der Waals surface area contributed by atoms with Crippen LogP contribution in [0.1, 0.15) is 70.6 Å². The first kappa shape index (κ1) is 16.8. The third-order valence-corrected chi connectivity index (χ3v) is 4.95. The van der Waals surface area contributed by atoms with E-state index in [1.807, 2.05) is 0 Å². The van der Waals surface area contributed by atoms with E-state index in [2.05, 4.69) is 10.2 Å². The van der Waals surface area contributed by atoms with Crippen LogP contribution in [0.5, 0.6) is 0 Å². The van der Waals surface area contributed by atoms with E-state index in [4.69, 9.17) is 0 Å². The Kier molecular flexibility index (Phi) is 6.97. The Hall–Kier alpha value is -0.610. The zero-order valence-corrected chi connectivity index (χ0v) is 13.4. The fourth-order valence-corrected chi connectivity index (χ4v) is 3.62. The van der Waals surface area contributed by atoms with Crippen LogP contribution >= 0.6 is 0 Å². The number of nitrogens with zero attached hydrogens (tertiary/aromatic N) is 1. The second-order valence-electron chi connectivity index (χ2n) is 6.92. The van der Waals surface area contributed by atoms with Crippen molar-refractivity contribution in [3.05, 3.63) is 0 Å². The van der Waals surface area contributed by atoms with Gasteiger partial charge in [-0.15, -0.1) is 0 Å². The average molecular weight is 296 g/mol. The van der Waals surface area contributed by atoms with Crippen LogP contribution in [-0.4, -0.2) is 47.7 Å². The standard InChI is InChI=1S/C17H32N2O2/c20-16(15-17(21)9-3-4-10-17)18-11-5-1-6-12-19-13-7-2-8-14-19/h21H,1-15H2,(H,18,20). The lowest BCUT2D eigenvalue weighted by molar-refractivity contribution is -0.125. The number of piperidine rings is 1. The van der Waals surface area contributed by atoms with Crippen LogP contribution in [0.25, 0.3) is 0 Å². The van der Waals surface area contributed by atoms with Crippen molar-refractivity contribution in [3.8, 4) is 0 Å². The Morgan fingerprint density at radius 3 is 2.43 bits per heavy atom. The zero-order chi connectivity index (χ0) is 15.0. The van der Waals surface area contributed by atoms with Gasteiger partial charge in [-0.1, -0.05) is 25.7 Å². The molecule has 1 saturated carbocycles. The maximum absolute atomic E-state index is 11.8. The molecule has 2 fully saturated rings. The largest absolute Gasteiger partial charge is 0.389 e. The van der Waals surface area contributed by atoms with Gasteiger partial charge in [-0.3, -0.25) is 4.79 Å². The highest BCUT2D eigenvalue weighted by atomic mass is 16.3. The van der Waals surface area contributed by atoms with Gasteiger partial charge in [0.2, 0.25) is 5.91 Å². The van der Waals surface area contributed by atoms with E-state index in [0.29, 0.717) is 6.42 Å². The maximum atomic E-state index is 11.8. The number of rotatable bonds is 8. The predicted molar refractivity (Wildman–Crippen MR) is 85.2 cm³/mol. The summed E-state index contributed by atoms with van der Waals surface area (Å²) >= 11 is 0. The molecule has 4 nitrogen and oxygen atoms in total. The van der Waals surface area contributed by atoms with Crippen molar-refractivity contribution in [3.63, 3.8) is 0 Å². The van der Waals surface area contributed by atoms with Gasteiger partial charge in [-0.2, -0.15) is 0 Å². The molecule has 2 N–H and O–H groups in total.